The number of hydrogen-bond acceptors (Lipinski definition) is 3. The van der Waals surface area contributed by atoms with E-state index in [1.54, 1.807) is 6.20 Å². The van der Waals surface area contributed by atoms with Crippen molar-refractivity contribution in [1.29, 1.82) is 0 Å². The van der Waals surface area contributed by atoms with Crippen LogP contribution in [0.5, 0.6) is 0 Å². The lowest BCUT2D eigenvalue weighted by molar-refractivity contribution is -0.640. The van der Waals surface area contributed by atoms with Gasteiger partial charge in [-0.3, -0.25) is 4.98 Å². The molecular weight excluding hydrogens is 252 g/mol. The maximum atomic E-state index is 5.91. The lowest BCUT2D eigenvalue weighted by atomic mass is 10.2. The summed E-state index contributed by atoms with van der Waals surface area (Å²) >= 11 is 0. The molecule has 0 aliphatic carbocycles. The molecule has 4 aromatic rings. The van der Waals surface area contributed by atoms with Gasteiger partial charge in [-0.25, -0.2) is 9.55 Å². The van der Waals surface area contributed by atoms with Crippen molar-refractivity contribution in [3.8, 4) is 11.4 Å². The average molecular weight is 263 g/mol. The molecule has 0 unspecified atom stereocenters. The molecule has 5 nitrogen and oxygen atoms in total. The summed E-state index contributed by atoms with van der Waals surface area (Å²) in [6.45, 7) is 0.833. The summed E-state index contributed by atoms with van der Waals surface area (Å²) in [6, 6.07) is 6.07. The standard InChI is InChI=1S/C15H11N4O/c1-18-14-10-4-6-16-7-9(10)8-19(14)12-11-3-2-5-17-13(11)20-15(12)18/h2-7H,8H2,1H3/q+1. The number of furan rings is 1. The molecule has 0 spiro atoms. The summed E-state index contributed by atoms with van der Waals surface area (Å²) in [4.78, 5) is 8.52. The summed E-state index contributed by atoms with van der Waals surface area (Å²) in [7, 11) is 2.03. The molecule has 0 saturated heterocycles. The monoisotopic (exact) mass is 263 g/mol. The molecule has 0 N–H and O–H groups in total. The van der Waals surface area contributed by atoms with Gasteiger partial charge in [0.05, 0.1) is 18.0 Å². The normalized spacial score (nSPS) is 13.1. The molecule has 1 aliphatic heterocycles. The topological polar surface area (TPSA) is 47.7 Å². The van der Waals surface area contributed by atoms with Gasteiger partial charge in [-0.1, -0.05) is 0 Å². The molecule has 0 bridgehead atoms. The lowest BCUT2D eigenvalue weighted by Gasteiger charge is -1.93. The van der Waals surface area contributed by atoms with Gasteiger partial charge in [0.25, 0.3) is 5.82 Å². The van der Waals surface area contributed by atoms with Crippen LogP contribution in [0.2, 0.25) is 0 Å². The third kappa shape index (κ3) is 1.02. The van der Waals surface area contributed by atoms with E-state index >= 15 is 0 Å². The molecule has 0 amide bonds. The van der Waals surface area contributed by atoms with Crippen LogP contribution in [0.15, 0.2) is 41.2 Å². The molecule has 0 saturated carbocycles. The largest absolute Gasteiger partial charge is 0.400 e. The highest BCUT2D eigenvalue weighted by atomic mass is 16.4. The highest BCUT2D eigenvalue weighted by Gasteiger charge is 2.36. The van der Waals surface area contributed by atoms with Crippen molar-refractivity contribution in [2.75, 3.05) is 0 Å². The second kappa shape index (κ2) is 3.25. The van der Waals surface area contributed by atoms with Crippen LogP contribution >= 0.6 is 0 Å². The van der Waals surface area contributed by atoms with Gasteiger partial charge < -0.3 is 4.42 Å². The number of aromatic nitrogens is 4. The highest BCUT2D eigenvalue weighted by molar-refractivity contribution is 6.00. The number of fused-ring (bicyclic) bond motifs is 7. The van der Waals surface area contributed by atoms with E-state index in [0.717, 1.165) is 23.2 Å². The molecule has 0 atom stereocenters. The van der Waals surface area contributed by atoms with E-state index in [1.807, 2.05) is 25.5 Å². The van der Waals surface area contributed by atoms with Crippen LogP contribution < -0.4 is 4.57 Å². The SMILES string of the molecule is C[n+]1c2n(c3c4cccnc4oc31)Cc1cnccc1-2. The minimum Gasteiger partial charge on any atom is -0.400 e. The minimum atomic E-state index is 0.692. The smallest absolute Gasteiger partial charge is 0.340 e. The predicted octanol–water partition coefficient (Wildman–Crippen LogP) is 2.03. The number of hydrogen-bond donors (Lipinski definition) is 0. The maximum absolute atomic E-state index is 5.91. The Morgan fingerprint density at radius 2 is 2.25 bits per heavy atom. The third-order valence-corrected chi connectivity index (χ3v) is 4.04. The number of imidazole rings is 1. The fourth-order valence-corrected chi connectivity index (χ4v) is 3.20. The molecule has 20 heavy (non-hydrogen) atoms. The van der Waals surface area contributed by atoms with E-state index in [2.05, 4.69) is 31.2 Å². The van der Waals surface area contributed by atoms with Crippen LogP contribution in [-0.2, 0) is 13.6 Å². The summed E-state index contributed by atoms with van der Waals surface area (Å²) in [6.07, 6.45) is 5.53. The van der Waals surface area contributed by atoms with E-state index in [1.165, 1.54) is 17.0 Å². The van der Waals surface area contributed by atoms with Gasteiger partial charge in [-0.05, 0) is 18.2 Å². The molecule has 0 fully saturated rings. The Balaban J connectivity index is 1.99. The Labute approximate surface area is 114 Å². The zero-order chi connectivity index (χ0) is 13.3. The quantitative estimate of drug-likeness (QED) is 0.402. The van der Waals surface area contributed by atoms with E-state index in [4.69, 9.17) is 4.42 Å². The summed E-state index contributed by atoms with van der Waals surface area (Å²) in [5, 5.41) is 1.06. The van der Waals surface area contributed by atoms with Crippen molar-refractivity contribution >= 4 is 22.3 Å². The number of nitrogens with zero attached hydrogens (tertiary/aromatic N) is 4. The minimum absolute atomic E-state index is 0.692. The molecule has 96 valence electrons. The zero-order valence-electron chi connectivity index (χ0n) is 10.9. The Morgan fingerprint density at radius 1 is 1.30 bits per heavy atom. The van der Waals surface area contributed by atoms with Gasteiger partial charge >= 0.3 is 5.71 Å². The van der Waals surface area contributed by atoms with Crippen LogP contribution in [0, 0.1) is 0 Å². The first-order valence-corrected chi connectivity index (χ1v) is 6.53. The number of pyridine rings is 2. The van der Waals surface area contributed by atoms with Gasteiger partial charge in [0.1, 0.15) is 6.54 Å². The van der Waals surface area contributed by atoms with Gasteiger partial charge in [-0.2, -0.15) is 4.57 Å². The van der Waals surface area contributed by atoms with Crippen molar-refractivity contribution in [2.24, 2.45) is 7.05 Å². The third-order valence-electron chi connectivity index (χ3n) is 4.04. The van der Waals surface area contributed by atoms with Crippen molar-refractivity contribution in [1.82, 2.24) is 14.5 Å². The Kier molecular flexibility index (Phi) is 1.65. The molecule has 5 rings (SSSR count). The first kappa shape index (κ1) is 10.1. The van der Waals surface area contributed by atoms with Crippen LogP contribution in [0.25, 0.3) is 33.7 Å². The van der Waals surface area contributed by atoms with Crippen LogP contribution in [-0.4, -0.2) is 14.5 Å². The second-order valence-corrected chi connectivity index (χ2v) is 5.11. The Bertz CT molecular complexity index is 996. The van der Waals surface area contributed by atoms with E-state index in [9.17, 15) is 0 Å². The van der Waals surface area contributed by atoms with Crippen molar-refractivity contribution in [3.05, 3.63) is 42.4 Å². The summed E-state index contributed by atoms with van der Waals surface area (Å²) in [5.74, 6) is 1.17. The first-order valence-electron chi connectivity index (χ1n) is 6.53. The summed E-state index contributed by atoms with van der Waals surface area (Å²) in [5.41, 5.74) is 5.15. The van der Waals surface area contributed by atoms with Gasteiger partial charge in [0.15, 0.2) is 0 Å². The second-order valence-electron chi connectivity index (χ2n) is 5.11. The van der Waals surface area contributed by atoms with Crippen LogP contribution in [0.3, 0.4) is 0 Å². The van der Waals surface area contributed by atoms with Crippen molar-refractivity contribution in [2.45, 2.75) is 6.54 Å². The Morgan fingerprint density at radius 3 is 3.20 bits per heavy atom. The number of rotatable bonds is 0. The average Bonchev–Trinajstić information content (AvgIpc) is 3.10. The number of aryl methyl sites for hydroxylation is 1. The molecule has 5 heteroatoms. The van der Waals surface area contributed by atoms with Gasteiger partial charge in [0, 0.05) is 24.2 Å². The molecular formula is C15H11N4O+. The molecule has 0 radical (unpaired) electrons. The molecule has 0 aromatic carbocycles. The Hall–Kier alpha value is -2.69. The van der Waals surface area contributed by atoms with Crippen molar-refractivity contribution < 1.29 is 8.98 Å². The van der Waals surface area contributed by atoms with Crippen molar-refractivity contribution in [3.63, 3.8) is 0 Å². The molecule has 4 aromatic heterocycles. The summed E-state index contributed by atoms with van der Waals surface area (Å²) < 4.78 is 10.3. The maximum Gasteiger partial charge on any atom is 0.340 e. The lowest BCUT2D eigenvalue weighted by Crippen LogP contribution is -2.29. The van der Waals surface area contributed by atoms with Gasteiger partial charge in [-0.15, -0.1) is 0 Å². The van der Waals surface area contributed by atoms with E-state index < -0.39 is 0 Å². The van der Waals surface area contributed by atoms with Crippen LogP contribution in [0.1, 0.15) is 5.56 Å². The van der Waals surface area contributed by atoms with Crippen LogP contribution in [0.4, 0.5) is 0 Å². The predicted molar refractivity (Wildman–Crippen MR) is 73.0 cm³/mol. The van der Waals surface area contributed by atoms with Gasteiger partial charge in [0.2, 0.25) is 11.2 Å². The van der Waals surface area contributed by atoms with E-state index in [0.29, 0.717) is 5.71 Å². The first-order chi connectivity index (χ1) is 9.84. The fraction of sp³-hybridized carbons (Fsp3) is 0.133. The molecule has 5 heterocycles. The van der Waals surface area contributed by atoms with E-state index in [-0.39, 0.29) is 0 Å². The molecule has 1 aliphatic rings. The highest BCUT2D eigenvalue weighted by Crippen LogP contribution is 2.36. The zero-order valence-corrected chi connectivity index (χ0v) is 10.9. The fourth-order valence-electron chi connectivity index (χ4n) is 3.20.